The third kappa shape index (κ3) is 3.25. The fourth-order valence-corrected chi connectivity index (χ4v) is 3.00. The van der Waals surface area contributed by atoms with Crippen LogP contribution >= 0.6 is 11.3 Å². The summed E-state index contributed by atoms with van der Waals surface area (Å²) in [5.74, 6) is -0.136. The molecule has 0 radical (unpaired) electrons. The molecule has 23 heavy (non-hydrogen) atoms. The Kier molecular flexibility index (Phi) is 4.40. The molecule has 120 valence electrons. The van der Waals surface area contributed by atoms with Gasteiger partial charge in [-0.25, -0.2) is 4.98 Å². The summed E-state index contributed by atoms with van der Waals surface area (Å²) < 4.78 is 5.28. The highest BCUT2D eigenvalue weighted by Crippen LogP contribution is 2.29. The van der Waals surface area contributed by atoms with Crippen molar-refractivity contribution in [1.82, 2.24) is 20.4 Å². The van der Waals surface area contributed by atoms with Gasteiger partial charge >= 0.3 is 0 Å². The largest absolute Gasteiger partial charge is 0.351 e. The molecule has 3 rings (SSSR count). The number of carbonyl (C=O) groups is 1. The summed E-state index contributed by atoms with van der Waals surface area (Å²) in [4.78, 5) is 20.1. The molecule has 0 fully saturated rings. The first-order valence-electron chi connectivity index (χ1n) is 7.30. The molecular weight excluding hydrogens is 312 g/mol. The molecule has 0 aliphatic heterocycles. The molecule has 3 aromatic rings. The molecule has 1 N–H and O–H groups in total. The number of rotatable bonds is 5. The molecule has 0 saturated carbocycles. The summed E-state index contributed by atoms with van der Waals surface area (Å²) in [6.45, 7) is 3.17. The monoisotopic (exact) mass is 330 g/mol. The average Bonchev–Trinajstić information content (AvgIpc) is 3.16. The van der Waals surface area contributed by atoms with Gasteiger partial charge in [0.2, 0.25) is 0 Å². The molecule has 7 heteroatoms. The highest BCUT2D eigenvalue weighted by Gasteiger charge is 2.19. The number of nitrogens with zero attached hydrogens (tertiary/aromatic N) is 3. The quantitative estimate of drug-likeness (QED) is 0.778. The lowest BCUT2D eigenvalue weighted by atomic mass is 10.1. The lowest BCUT2D eigenvalue weighted by Gasteiger charge is -2.11. The highest BCUT2D eigenvalue weighted by atomic mass is 32.1. The predicted octanol–water partition coefficient (Wildman–Crippen LogP) is 2.55. The number of aromatic nitrogens is 2. The summed E-state index contributed by atoms with van der Waals surface area (Å²) in [7, 11) is 3.94. The van der Waals surface area contributed by atoms with E-state index < -0.39 is 0 Å². The van der Waals surface area contributed by atoms with E-state index in [-0.39, 0.29) is 5.91 Å². The molecule has 0 aliphatic carbocycles. The zero-order valence-corrected chi connectivity index (χ0v) is 14.1. The maximum absolute atomic E-state index is 12.6. The normalized spacial score (nSPS) is 11.3. The van der Waals surface area contributed by atoms with Gasteiger partial charge < -0.3 is 14.7 Å². The van der Waals surface area contributed by atoms with E-state index in [0.717, 1.165) is 17.1 Å². The van der Waals surface area contributed by atoms with Crippen molar-refractivity contribution in [1.29, 1.82) is 0 Å². The number of carbonyl (C=O) groups excluding carboxylic acids is 1. The van der Waals surface area contributed by atoms with Gasteiger partial charge in [-0.15, -0.1) is 11.3 Å². The number of thiophene rings is 1. The molecule has 0 saturated heterocycles. The van der Waals surface area contributed by atoms with E-state index in [1.807, 2.05) is 49.5 Å². The molecule has 3 aromatic heterocycles. The van der Waals surface area contributed by atoms with Crippen LogP contribution in [0.4, 0.5) is 0 Å². The number of pyridine rings is 1. The molecule has 3 heterocycles. The smallest absolute Gasteiger partial charge is 0.259 e. The number of likely N-dealkylation sites (N-methyl/N-ethyl adjacent to an activating group) is 1. The van der Waals surface area contributed by atoms with Gasteiger partial charge in [-0.1, -0.05) is 11.2 Å². The van der Waals surface area contributed by atoms with Crippen LogP contribution in [-0.2, 0) is 0 Å². The van der Waals surface area contributed by atoms with Crippen LogP contribution in [0, 0.1) is 6.92 Å². The van der Waals surface area contributed by atoms with Gasteiger partial charge in [0.15, 0.2) is 0 Å². The van der Waals surface area contributed by atoms with Gasteiger partial charge in [0.05, 0.1) is 27.2 Å². The van der Waals surface area contributed by atoms with Crippen LogP contribution in [0.25, 0.3) is 21.7 Å². The number of fused-ring (bicyclic) bond motifs is 1. The number of nitrogens with one attached hydrogen (secondary N) is 1. The van der Waals surface area contributed by atoms with Crippen molar-refractivity contribution >= 4 is 28.3 Å². The van der Waals surface area contributed by atoms with Crippen LogP contribution in [0.3, 0.4) is 0 Å². The SMILES string of the molecule is Cc1noc2nc(-c3cccs3)cc(C(=O)NCCN(C)C)c12. The standard InChI is InChI=1S/C16H18N4O2S/c1-10-14-11(15(21)17-6-7-20(2)3)9-12(13-5-4-8-23-13)18-16(14)22-19-10/h4-5,8-9H,6-7H2,1-3H3,(H,17,21). The minimum atomic E-state index is -0.136. The van der Waals surface area contributed by atoms with Crippen molar-refractivity contribution in [3.05, 3.63) is 34.8 Å². The van der Waals surface area contributed by atoms with Crippen LogP contribution in [-0.4, -0.2) is 48.1 Å². The van der Waals surface area contributed by atoms with Crippen LogP contribution in [0.2, 0.25) is 0 Å². The van der Waals surface area contributed by atoms with Crippen molar-refractivity contribution in [2.45, 2.75) is 6.92 Å². The summed E-state index contributed by atoms with van der Waals surface area (Å²) in [5, 5.41) is 9.53. The average molecular weight is 330 g/mol. The van der Waals surface area contributed by atoms with Crippen molar-refractivity contribution < 1.29 is 9.32 Å². The van der Waals surface area contributed by atoms with E-state index in [0.29, 0.717) is 28.9 Å². The van der Waals surface area contributed by atoms with Crippen molar-refractivity contribution in [2.75, 3.05) is 27.2 Å². The summed E-state index contributed by atoms with van der Waals surface area (Å²) >= 11 is 1.57. The fourth-order valence-electron chi connectivity index (χ4n) is 2.31. The topological polar surface area (TPSA) is 71.3 Å². The number of aryl methyl sites for hydroxylation is 1. The minimum Gasteiger partial charge on any atom is -0.351 e. The van der Waals surface area contributed by atoms with E-state index in [9.17, 15) is 4.79 Å². The Balaban J connectivity index is 1.99. The van der Waals surface area contributed by atoms with Gasteiger partial charge in [0.1, 0.15) is 0 Å². The van der Waals surface area contributed by atoms with E-state index in [1.165, 1.54) is 0 Å². The molecule has 0 atom stereocenters. The third-order valence-corrected chi connectivity index (χ3v) is 4.37. The molecular formula is C16H18N4O2S. The van der Waals surface area contributed by atoms with Gasteiger partial charge in [-0.05, 0) is 38.5 Å². The zero-order valence-electron chi connectivity index (χ0n) is 13.3. The Hall–Kier alpha value is -2.25. The van der Waals surface area contributed by atoms with E-state index >= 15 is 0 Å². The Labute approximate surface area is 138 Å². The van der Waals surface area contributed by atoms with E-state index in [4.69, 9.17) is 4.52 Å². The van der Waals surface area contributed by atoms with Crippen molar-refractivity contribution in [3.63, 3.8) is 0 Å². The van der Waals surface area contributed by atoms with Crippen molar-refractivity contribution in [2.24, 2.45) is 0 Å². The van der Waals surface area contributed by atoms with Crippen LogP contribution in [0.1, 0.15) is 16.1 Å². The third-order valence-electron chi connectivity index (χ3n) is 3.48. The van der Waals surface area contributed by atoms with E-state index in [2.05, 4.69) is 15.5 Å². The van der Waals surface area contributed by atoms with Crippen LogP contribution in [0.5, 0.6) is 0 Å². The minimum absolute atomic E-state index is 0.136. The van der Waals surface area contributed by atoms with Crippen LogP contribution in [0.15, 0.2) is 28.1 Å². The summed E-state index contributed by atoms with van der Waals surface area (Å²) in [6.07, 6.45) is 0. The first-order valence-corrected chi connectivity index (χ1v) is 8.18. The van der Waals surface area contributed by atoms with Gasteiger partial charge in [-0.3, -0.25) is 4.79 Å². The van der Waals surface area contributed by atoms with E-state index in [1.54, 1.807) is 11.3 Å². The molecule has 0 bridgehead atoms. The van der Waals surface area contributed by atoms with Gasteiger partial charge in [0, 0.05) is 13.1 Å². The maximum atomic E-state index is 12.6. The van der Waals surface area contributed by atoms with Gasteiger partial charge in [-0.2, -0.15) is 0 Å². The summed E-state index contributed by atoms with van der Waals surface area (Å²) in [6, 6.07) is 5.73. The highest BCUT2D eigenvalue weighted by molar-refractivity contribution is 7.13. The molecule has 0 aliphatic rings. The van der Waals surface area contributed by atoms with Crippen molar-refractivity contribution in [3.8, 4) is 10.6 Å². The lowest BCUT2D eigenvalue weighted by molar-refractivity contribution is 0.0952. The second kappa shape index (κ2) is 6.47. The number of hydrogen-bond donors (Lipinski definition) is 1. The fraction of sp³-hybridized carbons (Fsp3) is 0.312. The molecule has 1 amide bonds. The Morgan fingerprint density at radius 3 is 2.96 bits per heavy atom. The Morgan fingerprint density at radius 2 is 2.26 bits per heavy atom. The molecule has 0 unspecified atom stereocenters. The zero-order chi connectivity index (χ0) is 16.4. The second-order valence-electron chi connectivity index (χ2n) is 5.54. The molecule has 0 spiro atoms. The van der Waals surface area contributed by atoms with Gasteiger partial charge in [0.25, 0.3) is 11.6 Å². The first-order chi connectivity index (χ1) is 11.1. The van der Waals surface area contributed by atoms with Crippen LogP contribution < -0.4 is 5.32 Å². The Bertz CT molecular complexity index is 824. The second-order valence-corrected chi connectivity index (χ2v) is 6.49. The number of hydrogen-bond acceptors (Lipinski definition) is 6. The lowest BCUT2D eigenvalue weighted by Crippen LogP contribution is -2.31. The molecule has 6 nitrogen and oxygen atoms in total. The first kappa shape index (κ1) is 15.6. The summed E-state index contributed by atoms with van der Waals surface area (Å²) in [5.41, 5.74) is 2.34. The molecule has 0 aromatic carbocycles. The maximum Gasteiger partial charge on any atom is 0.259 e. The Morgan fingerprint density at radius 1 is 1.43 bits per heavy atom. The number of amides is 1. The predicted molar refractivity (Wildman–Crippen MR) is 90.7 cm³/mol.